The van der Waals surface area contributed by atoms with Crippen LogP contribution in [-0.2, 0) is 12.1 Å². The number of benzene rings is 1. The lowest BCUT2D eigenvalue weighted by Gasteiger charge is -2.36. The Kier molecular flexibility index (Phi) is 4.16. The standard InChI is InChI=1S/C16H26N2O/c1-12-13(11-18(2)3)15(19)8-7-14(12)16(17)9-5-4-6-10-16/h7-8,19H,4-6,9-11,17H2,1-3H3. The molecule has 3 heteroatoms. The van der Waals surface area contributed by atoms with Crippen LogP contribution in [0.3, 0.4) is 0 Å². The van der Waals surface area contributed by atoms with Crippen molar-refractivity contribution in [3.05, 3.63) is 28.8 Å². The third kappa shape index (κ3) is 2.93. The van der Waals surface area contributed by atoms with Crippen molar-refractivity contribution in [3.8, 4) is 5.75 Å². The van der Waals surface area contributed by atoms with Gasteiger partial charge in [0.2, 0.25) is 0 Å². The molecule has 1 saturated carbocycles. The fraction of sp³-hybridized carbons (Fsp3) is 0.625. The SMILES string of the molecule is Cc1c(C2(N)CCCCC2)ccc(O)c1CN(C)C. The maximum absolute atomic E-state index is 10.1. The number of hydrogen-bond donors (Lipinski definition) is 2. The number of phenolic OH excluding ortho intramolecular Hbond substituents is 1. The highest BCUT2D eigenvalue weighted by Crippen LogP contribution is 2.39. The van der Waals surface area contributed by atoms with Crippen LogP contribution in [0.25, 0.3) is 0 Å². The van der Waals surface area contributed by atoms with Gasteiger partial charge in [0, 0.05) is 17.6 Å². The van der Waals surface area contributed by atoms with Crippen LogP contribution < -0.4 is 5.73 Å². The van der Waals surface area contributed by atoms with E-state index in [0.29, 0.717) is 5.75 Å². The molecule has 0 saturated heterocycles. The van der Waals surface area contributed by atoms with E-state index in [-0.39, 0.29) is 5.54 Å². The Morgan fingerprint density at radius 2 is 1.84 bits per heavy atom. The average molecular weight is 262 g/mol. The van der Waals surface area contributed by atoms with E-state index in [2.05, 4.69) is 11.8 Å². The summed E-state index contributed by atoms with van der Waals surface area (Å²) >= 11 is 0. The van der Waals surface area contributed by atoms with E-state index >= 15 is 0 Å². The number of hydrogen-bond acceptors (Lipinski definition) is 3. The highest BCUT2D eigenvalue weighted by Gasteiger charge is 2.31. The highest BCUT2D eigenvalue weighted by molar-refractivity contribution is 5.46. The summed E-state index contributed by atoms with van der Waals surface area (Å²) in [5.74, 6) is 0.384. The van der Waals surface area contributed by atoms with Crippen LogP contribution in [0.1, 0.15) is 48.8 Å². The quantitative estimate of drug-likeness (QED) is 0.880. The first-order chi connectivity index (χ1) is 8.94. The maximum atomic E-state index is 10.1. The van der Waals surface area contributed by atoms with Gasteiger partial charge < -0.3 is 15.7 Å². The average Bonchev–Trinajstić information content (AvgIpc) is 2.34. The van der Waals surface area contributed by atoms with Crippen molar-refractivity contribution >= 4 is 0 Å². The number of aromatic hydroxyl groups is 1. The molecule has 1 aromatic rings. The summed E-state index contributed by atoms with van der Waals surface area (Å²) in [6.45, 7) is 2.85. The Hall–Kier alpha value is -1.06. The molecule has 106 valence electrons. The minimum Gasteiger partial charge on any atom is -0.508 e. The molecule has 0 unspecified atom stereocenters. The molecule has 3 N–H and O–H groups in total. The van der Waals surface area contributed by atoms with E-state index in [1.807, 2.05) is 26.2 Å². The second-order valence-corrected chi connectivity index (χ2v) is 6.19. The molecular formula is C16H26N2O. The Labute approximate surface area is 116 Å². The lowest BCUT2D eigenvalue weighted by Crippen LogP contribution is -2.39. The van der Waals surface area contributed by atoms with Crippen molar-refractivity contribution in [1.29, 1.82) is 0 Å². The second-order valence-electron chi connectivity index (χ2n) is 6.19. The number of rotatable bonds is 3. The van der Waals surface area contributed by atoms with E-state index in [4.69, 9.17) is 5.73 Å². The van der Waals surface area contributed by atoms with Crippen molar-refractivity contribution in [1.82, 2.24) is 4.90 Å². The van der Waals surface area contributed by atoms with E-state index in [9.17, 15) is 5.11 Å². The third-order valence-electron chi connectivity index (χ3n) is 4.33. The van der Waals surface area contributed by atoms with Gasteiger partial charge in [0.25, 0.3) is 0 Å². The molecule has 0 spiro atoms. The molecule has 19 heavy (non-hydrogen) atoms. The van der Waals surface area contributed by atoms with Crippen LogP contribution in [0.5, 0.6) is 5.75 Å². The van der Waals surface area contributed by atoms with Gasteiger partial charge in [-0.25, -0.2) is 0 Å². The summed E-state index contributed by atoms with van der Waals surface area (Å²) < 4.78 is 0. The lowest BCUT2D eigenvalue weighted by atomic mass is 9.75. The first-order valence-electron chi connectivity index (χ1n) is 7.19. The monoisotopic (exact) mass is 262 g/mol. The zero-order valence-electron chi connectivity index (χ0n) is 12.4. The van der Waals surface area contributed by atoms with E-state index in [0.717, 1.165) is 30.5 Å². The zero-order chi connectivity index (χ0) is 14.0. The molecule has 0 atom stereocenters. The predicted molar refractivity (Wildman–Crippen MR) is 79.2 cm³/mol. The summed E-state index contributed by atoms with van der Waals surface area (Å²) in [6.07, 6.45) is 5.82. The third-order valence-corrected chi connectivity index (χ3v) is 4.33. The second kappa shape index (κ2) is 5.51. The zero-order valence-corrected chi connectivity index (χ0v) is 12.4. The van der Waals surface area contributed by atoms with Gasteiger partial charge in [-0.15, -0.1) is 0 Å². The maximum Gasteiger partial charge on any atom is 0.120 e. The largest absolute Gasteiger partial charge is 0.508 e. The first-order valence-corrected chi connectivity index (χ1v) is 7.19. The normalized spacial score (nSPS) is 18.8. The fourth-order valence-corrected chi connectivity index (χ4v) is 3.25. The van der Waals surface area contributed by atoms with Gasteiger partial charge in [-0.3, -0.25) is 0 Å². The number of nitrogens with zero attached hydrogens (tertiary/aromatic N) is 1. The molecule has 0 amide bonds. The van der Waals surface area contributed by atoms with Crippen molar-refractivity contribution in [2.75, 3.05) is 14.1 Å². The predicted octanol–water partition coefficient (Wildman–Crippen LogP) is 2.88. The minimum absolute atomic E-state index is 0.197. The van der Waals surface area contributed by atoms with Gasteiger partial charge in [-0.05, 0) is 51.1 Å². The molecule has 0 aliphatic heterocycles. The van der Waals surface area contributed by atoms with Crippen LogP contribution in [0, 0.1) is 6.92 Å². The topological polar surface area (TPSA) is 49.5 Å². The highest BCUT2D eigenvalue weighted by atomic mass is 16.3. The molecule has 0 radical (unpaired) electrons. The Morgan fingerprint density at radius 3 is 2.42 bits per heavy atom. The van der Waals surface area contributed by atoms with E-state index < -0.39 is 0 Å². The summed E-state index contributed by atoms with van der Waals surface area (Å²) in [5.41, 5.74) is 9.84. The van der Waals surface area contributed by atoms with Crippen molar-refractivity contribution in [3.63, 3.8) is 0 Å². The van der Waals surface area contributed by atoms with Crippen LogP contribution >= 0.6 is 0 Å². The summed E-state index contributed by atoms with van der Waals surface area (Å²) in [5, 5.41) is 10.1. The minimum atomic E-state index is -0.197. The molecular weight excluding hydrogens is 236 g/mol. The van der Waals surface area contributed by atoms with Gasteiger partial charge >= 0.3 is 0 Å². The molecule has 0 heterocycles. The van der Waals surface area contributed by atoms with Gasteiger partial charge in [-0.1, -0.05) is 25.3 Å². The summed E-state index contributed by atoms with van der Waals surface area (Å²) in [4.78, 5) is 2.08. The molecule has 1 aromatic carbocycles. The molecule has 2 rings (SSSR count). The van der Waals surface area contributed by atoms with Gasteiger partial charge in [0.05, 0.1) is 0 Å². The smallest absolute Gasteiger partial charge is 0.120 e. The molecule has 1 aliphatic carbocycles. The number of nitrogens with two attached hydrogens (primary N) is 1. The first kappa shape index (κ1) is 14.4. The van der Waals surface area contributed by atoms with Gasteiger partial charge in [0.1, 0.15) is 5.75 Å². The molecule has 1 aliphatic rings. The van der Waals surface area contributed by atoms with E-state index in [1.54, 1.807) is 0 Å². The summed E-state index contributed by atoms with van der Waals surface area (Å²) in [7, 11) is 4.04. The fourth-order valence-electron chi connectivity index (χ4n) is 3.25. The van der Waals surface area contributed by atoms with Crippen LogP contribution in [0.2, 0.25) is 0 Å². The summed E-state index contributed by atoms with van der Waals surface area (Å²) in [6, 6.07) is 3.83. The van der Waals surface area contributed by atoms with Gasteiger partial charge in [-0.2, -0.15) is 0 Å². The molecule has 0 aromatic heterocycles. The molecule has 0 bridgehead atoms. The number of phenols is 1. The van der Waals surface area contributed by atoms with Gasteiger partial charge in [0.15, 0.2) is 0 Å². The van der Waals surface area contributed by atoms with Crippen molar-refractivity contribution in [2.24, 2.45) is 5.73 Å². The van der Waals surface area contributed by atoms with Crippen molar-refractivity contribution in [2.45, 2.75) is 51.1 Å². The van der Waals surface area contributed by atoms with Crippen LogP contribution in [0.4, 0.5) is 0 Å². The Balaban J connectivity index is 2.41. The molecule has 3 nitrogen and oxygen atoms in total. The van der Waals surface area contributed by atoms with E-state index in [1.165, 1.54) is 24.8 Å². The van der Waals surface area contributed by atoms with Crippen LogP contribution in [-0.4, -0.2) is 24.1 Å². The Morgan fingerprint density at radius 1 is 1.21 bits per heavy atom. The Bertz CT molecular complexity index is 448. The van der Waals surface area contributed by atoms with Crippen LogP contribution in [0.15, 0.2) is 12.1 Å². The van der Waals surface area contributed by atoms with Crippen molar-refractivity contribution < 1.29 is 5.11 Å². The molecule has 1 fully saturated rings. The lowest BCUT2D eigenvalue weighted by molar-refractivity contribution is 0.299.